The van der Waals surface area contributed by atoms with Crippen LogP contribution in [0.1, 0.15) is 38.8 Å². The maximum atomic E-state index is 5.38. The molecule has 0 radical (unpaired) electrons. The van der Waals surface area contributed by atoms with Crippen molar-refractivity contribution in [1.82, 2.24) is 10.2 Å². The van der Waals surface area contributed by atoms with Crippen LogP contribution in [0.25, 0.3) is 0 Å². The molecule has 120 valence electrons. The SMILES string of the molecule is CCOCCN(C)Cc1ccc(CCNC(C)(C)C)cc1. The van der Waals surface area contributed by atoms with Crippen molar-refractivity contribution >= 4 is 0 Å². The first-order valence-corrected chi connectivity index (χ1v) is 8.00. The summed E-state index contributed by atoms with van der Waals surface area (Å²) in [6, 6.07) is 8.97. The number of nitrogens with one attached hydrogen (secondary N) is 1. The van der Waals surface area contributed by atoms with Crippen molar-refractivity contribution < 1.29 is 4.74 Å². The fourth-order valence-corrected chi connectivity index (χ4v) is 2.15. The lowest BCUT2D eigenvalue weighted by atomic mass is 10.1. The standard InChI is InChI=1S/C18H32N2O/c1-6-21-14-13-20(5)15-17-9-7-16(8-10-17)11-12-19-18(2,3)4/h7-10,19H,6,11-15H2,1-5H3. The summed E-state index contributed by atoms with van der Waals surface area (Å²) in [6.45, 7) is 13.2. The Morgan fingerprint density at radius 3 is 2.29 bits per heavy atom. The summed E-state index contributed by atoms with van der Waals surface area (Å²) in [5, 5.41) is 3.52. The predicted molar refractivity (Wildman–Crippen MR) is 90.7 cm³/mol. The maximum Gasteiger partial charge on any atom is 0.0593 e. The van der Waals surface area contributed by atoms with E-state index < -0.39 is 0 Å². The third-order valence-corrected chi connectivity index (χ3v) is 3.37. The van der Waals surface area contributed by atoms with Crippen molar-refractivity contribution in [3.63, 3.8) is 0 Å². The average molecular weight is 292 g/mol. The second-order valence-corrected chi connectivity index (χ2v) is 6.68. The quantitative estimate of drug-likeness (QED) is 0.708. The van der Waals surface area contributed by atoms with E-state index in [0.717, 1.165) is 39.3 Å². The average Bonchev–Trinajstić information content (AvgIpc) is 2.40. The fourth-order valence-electron chi connectivity index (χ4n) is 2.15. The summed E-state index contributed by atoms with van der Waals surface area (Å²) in [6.07, 6.45) is 1.08. The van der Waals surface area contributed by atoms with E-state index in [1.807, 2.05) is 6.92 Å². The lowest BCUT2D eigenvalue weighted by Crippen LogP contribution is -2.37. The van der Waals surface area contributed by atoms with Gasteiger partial charge in [0.1, 0.15) is 0 Å². The highest BCUT2D eigenvalue weighted by Gasteiger charge is 2.07. The first-order chi connectivity index (χ1) is 9.90. The highest BCUT2D eigenvalue weighted by molar-refractivity contribution is 5.22. The molecule has 0 aliphatic heterocycles. The molecule has 1 N–H and O–H groups in total. The Morgan fingerprint density at radius 2 is 1.71 bits per heavy atom. The van der Waals surface area contributed by atoms with E-state index in [0.29, 0.717) is 0 Å². The van der Waals surface area contributed by atoms with Crippen LogP contribution in [0, 0.1) is 0 Å². The summed E-state index contributed by atoms with van der Waals surface area (Å²) < 4.78 is 5.38. The first-order valence-electron chi connectivity index (χ1n) is 8.00. The molecule has 0 spiro atoms. The summed E-state index contributed by atoms with van der Waals surface area (Å²) in [5.74, 6) is 0. The van der Waals surface area contributed by atoms with Gasteiger partial charge in [-0.15, -0.1) is 0 Å². The number of nitrogens with zero attached hydrogens (tertiary/aromatic N) is 1. The van der Waals surface area contributed by atoms with Gasteiger partial charge in [0.2, 0.25) is 0 Å². The Labute approximate surface area is 130 Å². The number of hydrogen-bond donors (Lipinski definition) is 1. The van der Waals surface area contributed by atoms with E-state index in [1.54, 1.807) is 0 Å². The number of ether oxygens (including phenoxy) is 1. The summed E-state index contributed by atoms with van der Waals surface area (Å²) in [7, 11) is 2.14. The minimum absolute atomic E-state index is 0.198. The van der Waals surface area contributed by atoms with Crippen molar-refractivity contribution in [2.24, 2.45) is 0 Å². The summed E-state index contributed by atoms with van der Waals surface area (Å²) >= 11 is 0. The van der Waals surface area contributed by atoms with Gasteiger partial charge in [-0.2, -0.15) is 0 Å². The number of rotatable bonds is 9. The molecule has 1 rings (SSSR count). The molecule has 0 heterocycles. The Kier molecular flexibility index (Phi) is 7.94. The van der Waals surface area contributed by atoms with Crippen LogP contribution in [0.2, 0.25) is 0 Å². The van der Waals surface area contributed by atoms with Gasteiger partial charge >= 0.3 is 0 Å². The van der Waals surface area contributed by atoms with Crippen molar-refractivity contribution in [3.8, 4) is 0 Å². The fraction of sp³-hybridized carbons (Fsp3) is 0.667. The van der Waals surface area contributed by atoms with Crippen molar-refractivity contribution in [2.45, 2.75) is 46.2 Å². The minimum atomic E-state index is 0.198. The van der Waals surface area contributed by atoms with Gasteiger partial charge in [0.05, 0.1) is 6.61 Å². The van der Waals surface area contributed by atoms with Crippen LogP contribution in [0.4, 0.5) is 0 Å². The second-order valence-electron chi connectivity index (χ2n) is 6.68. The monoisotopic (exact) mass is 292 g/mol. The Hall–Kier alpha value is -0.900. The van der Waals surface area contributed by atoms with Crippen LogP contribution in [-0.4, -0.2) is 43.8 Å². The van der Waals surface area contributed by atoms with Gasteiger partial charge in [0, 0.05) is 25.2 Å². The van der Waals surface area contributed by atoms with Crippen LogP contribution in [0.3, 0.4) is 0 Å². The van der Waals surface area contributed by atoms with Gasteiger partial charge in [0.25, 0.3) is 0 Å². The van der Waals surface area contributed by atoms with Gasteiger partial charge in [-0.25, -0.2) is 0 Å². The summed E-state index contributed by atoms with van der Waals surface area (Å²) in [4.78, 5) is 2.30. The lowest BCUT2D eigenvalue weighted by Gasteiger charge is -2.20. The summed E-state index contributed by atoms with van der Waals surface area (Å²) in [5.41, 5.74) is 2.96. The van der Waals surface area contributed by atoms with Crippen LogP contribution in [-0.2, 0) is 17.7 Å². The molecule has 0 aliphatic rings. The molecule has 0 saturated carbocycles. The van der Waals surface area contributed by atoms with E-state index in [2.05, 4.69) is 62.3 Å². The lowest BCUT2D eigenvalue weighted by molar-refractivity contribution is 0.120. The third kappa shape index (κ3) is 8.86. The van der Waals surface area contributed by atoms with Gasteiger partial charge in [-0.3, -0.25) is 4.90 Å². The Bertz CT molecular complexity index is 381. The molecule has 0 amide bonds. The van der Waals surface area contributed by atoms with E-state index >= 15 is 0 Å². The highest BCUT2D eigenvalue weighted by atomic mass is 16.5. The number of likely N-dealkylation sites (N-methyl/N-ethyl adjacent to an activating group) is 1. The molecule has 0 atom stereocenters. The first kappa shape index (κ1) is 18.1. The number of benzene rings is 1. The normalized spacial score (nSPS) is 12.1. The third-order valence-electron chi connectivity index (χ3n) is 3.37. The molecule has 1 aromatic rings. The number of hydrogen-bond acceptors (Lipinski definition) is 3. The molecule has 3 nitrogen and oxygen atoms in total. The van der Waals surface area contributed by atoms with Crippen LogP contribution in [0.5, 0.6) is 0 Å². The van der Waals surface area contributed by atoms with Gasteiger partial charge in [-0.05, 0) is 58.8 Å². The zero-order valence-corrected chi connectivity index (χ0v) is 14.4. The molecule has 0 aliphatic carbocycles. The molecule has 21 heavy (non-hydrogen) atoms. The molecule has 0 bridgehead atoms. The zero-order chi connectivity index (χ0) is 15.7. The van der Waals surface area contributed by atoms with Crippen molar-refractivity contribution in [1.29, 1.82) is 0 Å². The Balaban J connectivity index is 2.33. The topological polar surface area (TPSA) is 24.5 Å². The van der Waals surface area contributed by atoms with E-state index in [9.17, 15) is 0 Å². The van der Waals surface area contributed by atoms with Crippen LogP contribution in [0.15, 0.2) is 24.3 Å². The predicted octanol–water partition coefficient (Wildman–Crippen LogP) is 3.09. The minimum Gasteiger partial charge on any atom is -0.380 e. The maximum absolute atomic E-state index is 5.38. The second kappa shape index (κ2) is 9.19. The molecular formula is C18H32N2O. The van der Waals surface area contributed by atoms with E-state index in [1.165, 1.54) is 11.1 Å². The molecule has 1 aromatic carbocycles. The van der Waals surface area contributed by atoms with Crippen LogP contribution >= 0.6 is 0 Å². The highest BCUT2D eigenvalue weighted by Crippen LogP contribution is 2.08. The Morgan fingerprint density at radius 1 is 1.10 bits per heavy atom. The molecule has 0 saturated heterocycles. The molecular weight excluding hydrogens is 260 g/mol. The van der Waals surface area contributed by atoms with Gasteiger partial charge in [0.15, 0.2) is 0 Å². The van der Waals surface area contributed by atoms with Gasteiger partial charge in [-0.1, -0.05) is 24.3 Å². The smallest absolute Gasteiger partial charge is 0.0593 e. The van der Waals surface area contributed by atoms with Crippen molar-refractivity contribution in [3.05, 3.63) is 35.4 Å². The van der Waals surface area contributed by atoms with E-state index in [-0.39, 0.29) is 5.54 Å². The molecule has 3 heteroatoms. The molecule has 0 fully saturated rings. The van der Waals surface area contributed by atoms with Gasteiger partial charge < -0.3 is 10.1 Å². The molecule has 0 unspecified atom stereocenters. The van der Waals surface area contributed by atoms with E-state index in [4.69, 9.17) is 4.74 Å². The molecule has 0 aromatic heterocycles. The van der Waals surface area contributed by atoms with Crippen molar-refractivity contribution in [2.75, 3.05) is 33.4 Å². The van der Waals surface area contributed by atoms with Crippen LogP contribution < -0.4 is 5.32 Å². The zero-order valence-electron chi connectivity index (χ0n) is 14.4. The largest absolute Gasteiger partial charge is 0.380 e.